The van der Waals surface area contributed by atoms with Crippen LogP contribution >= 0.6 is 0 Å². The fourth-order valence-corrected chi connectivity index (χ4v) is 2.15. The lowest BCUT2D eigenvalue weighted by Gasteiger charge is -2.26. The molecular formula is C12H20N4O. The van der Waals surface area contributed by atoms with Gasteiger partial charge in [-0.2, -0.15) is 9.97 Å². The van der Waals surface area contributed by atoms with Crippen LogP contribution in [-0.2, 0) is 0 Å². The van der Waals surface area contributed by atoms with Crippen molar-refractivity contribution in [1.82, 2.24) is 9.97 Å². The smallest absolute Gasteiger partial charge is 0.225 e. The first-order valence-electron chi connectivity index (χ1n) is 6.16. The Morgan fingerprint density at radius 2 is 2.00 bits per heavy atom. The van der Waals surface area contributed by atoms with Crippen molar-refractivity contribution >= 4 is 11.8 Å². The predicted molar refractivity (Wildman–Crippen MR) is 68.0 cm³/mol. The number of nitrogens with two attached hydrogens (primary N) is 1. The van der Waals surface area contributed by atoms with Gasteiger partial charge in [-0.25, -0.2) is 0 Å². The molecule has 1 aromatic rings. The van der Waals surface area contributed by atoms with Crippen LogP contribution in [0.4, 0.5) is 11.8 Å². The van der Waals surface area contributed by atoms with Gasteiger partial charge in [-0.15, -0.1) is 0 Å². The van der Waals surface area contributed by atoms with Crippen molar-refractivity contribution in [2.75, 3.05) is 18.1 Å². The summed E-state index contributed by atoms with van der Waals surface area (Å²) in [5.74, 6) is 2.33. The maximum atomic E-state index is 5.86. The molecule has 1 saturated carbocycles. The highest BCUT2D eigenvalue weighted by atomic mass is 16.5. The molecule has 3 N–H and O–H groups in total. The first-order valence-corrected chi connectivity index (χ1v) is 6.16. The van der Waals surface area contributed by atoms with Crippen molar-refractivity contribution in [2.45, 2.75) is 38.7 Å². The van der Waals surface area contributed by atoms with Gasteiger partial charge in [-0.3, -0.25) is 0 Å². The van der Waals surface area contributed by atoms with Gasteiger partial charge in [0.05, 0.1) is 0 Å². The van der Waals surface area contributed by atoms with Gasteiger partial charge in [-0.05, 0) is 31.6 Å². The number of aromatic nitrogens is 2. The van der Waals surface area contributed by atoms with Crippen LogP contribution in [0.2, 0.25) is 0 Å². The number of ether oxygens (including phenoxy) is 1. The second-order valence-corrected chi connectivity index (χ2v) is 4.70. The second kappa shape index (κ2) is 5.21. The predicted octanol–water partition coefficient (Wildman–Crippen LogP) is 2.06. The molecule has 1 aliphatic rings. The van der Waals surface area contributed by atoms with Crippen molar-refractivity contribution in [3.05, 3.63) is 6.07 Å². The lowest BCUT2D eigenvalue weighted by Crippen LogP contribution is -2.23. The molecule has 1 aromatic heterocycles. The molecule has 17 heavy (non-hydrogen) atoms. The monoisotopic (exact) mass is 236 g/mol. The Balaban J connectivity index is 2.00. The van der Waals surface area contributed by atoms with E-state index in [9.17, 15) is 0 Å². The van der Waals surface area contributed by atoms with Gasteiger partial charge in [0, 0.05) is 13.1 Å². The first kappa shape index (κ1) is 12.0. The van der Waals surface area contributed by atoms with Gasteiger partial charge in [0.15, 0.2) is 0 Å². The zero-order valence-corrected chi connectivity index (χ0v) is 10.4. The molecule has 0 radical (unpaired) electrons. The summed E-state index contributed by atoms with van der Waals surface area (Å²) in [6.45, 7) is 2.29. The fourth-order valence-electron chi connectivity index (χ4n) is 2.15. The number of hydrogen-bond donors (Lipinski definition) is 2. The van der Waals surface area contributed by atoms with E-state index in [0.717, 1.165) is 18.8 Å². The van der Waals surface area contributed by atoms with Crippen molar-refractivity contribution in [3.8, 4) is 5.88 Å². The average molecular weight is 236 g/mol. The van der Waals surface area contributed by atoms with Crippen LogP contribution in [0.1, 0.15) is 32.6 Å². The Morgan fingerprint density at radius 3 is 2.65 bits per heavy atom. The molecular weight excluding hydrogens is 216 g/mol. The van der Waals surface area contributed by atoms with E-state index in [4.69, 9.17) is 10.5 Å². The third-order valence-corrected chi connectivity index (χ3v) is 3.23. The Labute approximate surface area is 102 Å². The van der Waals surface area contributed by atoms with Gasteiger partial charge in [-0.1, -0.05) is 6.92 Å². The zero-order valence-electron chi connectivity index (χ0n) is 10.4. The Morgan fingerprint density at radius 1 is 1.29 bits per heavy atom. The molecule has 94 valence electrons. The lowest BCUT2D eigenvalue weighted by atomic mass is 9.89. The summed E-state index contributed by atoms with van der Waals surface area (Å²) in [7, 11) is 1.80. The van der Waals surface area contributed by atoms with E-state index in [1.165, 1.54) is 12.8 Å². The summed E-state index contributed by atoms with van der Waals surface area (Å²) in [6, 6.07) is 1.79. The summed E-state index contributed by atoms with van der Waals surface area (Å²) >= 11 is 0. The van der Waals surface area contributed by atoms with E-state index >= 15 is 0 Å². The van der Waals surface area contributed by atoms with Crippen LogP contribution in [0.5, 0.6) is 5.88 Å². The molecule has 0 saturated heterocycles. The molecule has 0 atom stereocenters. The largest absolute Gasteiger partial charge is 0.474 e. The summed E-state index contributed by atoms with van der Waals surface area (Å²) in [5.41, 5.74) is 5.62. The standard InChI is InChI=1S/C12H20N4O/c1-8-3-5-9(6-4-8)17-11-7-10(14-2)15-12(13)16-11/h7-9H,3-6H2,1-2H3,(H3,13,14,15,16). The molecule has 0 aliphatic heterocycles. The third kappa shape index (κ3) is 3.22. The van der Waals surface area contributed by atoms with Gasteiger partial charge in [0.2, 0.25) is 11.8 Å². The van der Waals surface area contributed by atoms with E-state index in [1.54, 1.807) is 13.1 Å². The molecule has 1 fully saturated rings. The highest BCUT2D eigenvalue weighted by molar-refractivity contribution is 5.42. The van der Waals surface area contributed by atoms with E-state index in [2.05, 4.69) is 22.2 Å². The van der Waals surface area contributed by atoms with Crippen molar-refractivity contribution in [3.63, 3.8) is 0 Å². The van der Waals surface area contributed by atoms with Gasteiger partial charge in [0.25, 0.3) is 0 Å². The van der Waals surface area contributed by atoms with E-state index in [0.29, 0.717) is 11.7 Å². The number of nitrogens with zero attached hydrogens (tertiary/aromatic N) is 2. The van der Waals surface area contributed by atoms with Gasteiger partial charge in [0.1, 0.15) is 11.9 Å². The number of hydrogen-bond acceptors (Lipinski definition) is 5. The fraction of sp³-hybridized carbons (Fsp3) is 0.667. The number of nitrogens with one attached hydrogen (secondary N) is 1. The number of anilines is 2. The van der Waals surface area contributed by atoms with Crippen LogP contribution in [-0.4, -0.2) is 23.1 Å². The Bertz CT molecular complexity index is 375. The molecule has 5 heteroatoms. The average Bonchev–Trinajstić information content (AvgIpc) is 2.31. The highest BCUT2D eigenvalue weighted by Gasteiger charge is 2.20. The van der Waals surface area contributed by atoms with Crippen LogP contribution < -0.4 is 15.8 Å². The molecule has 0 spiro atoms. The quantitative estimate of drug-likeness (QED) is 0.840. The van der Waals surface area contributed by atoms with E-state index < -0.39 is 0 Å². The van der Waals surface area contributed by atoms with Gasteiger partial charge >= 0.3 is 0 Å². The summed E-state index contributed by atoms with van der Waals surface area (Å²) in [4.78, 5) is 8.13. The Kier molecular flexibility index (Phi) is 3.66. The maximum absolute atomic E-state index is 5.86. The molecule has 2 rings (SSSR count). The van der Waals surface area contributed by atoms with Crippen molar-refractivity contribution in [1.29, 1.82) is 0 Å². The molecule has 0 amide bonds. The van der Waals surface area contributed by atoms with E-state index in [-0.39, 0.29) is 12.1 Å². The molecule has 0 aromatic carbocycles. The minimum absolute atomic E-state index is 0.246. The molecule has 0 unspecified atom stereocenters. The molecule has 1 aliphatic carbocycles. The highest BCUT2D eigenvalue weighted by Crippen LogP contribution is 2.27. The lowest BCUT2D eigenvalue weighted by molar-refractivity contribution is 0.130. The molecule has 5 nitrogen and oxygen atoms in total. The first-order chi connectivity index (χ1) is 8.17. The minimum atomic E-state index is 0.246. The SMILES string of the molecule is CNc1cc(OC2CCC(C)CC2)nc(N)n1. The normalized spacial score (nSPS) is 24.4. The maximum Gasteiger partial charge on any atom is 0.225 e. The third-order valence-electron chi connectivity index (χ3n) is 3.23. The van der Waals surface area contributed by atoms with Crippen LogP contribution in [0.3, 0.4) is 0 Å². The van der Waals surface area contributed by atoms with Crippen LogP contribution in [0, 0.1) is 5.92 Å². The molecule has 1 heterocycles. The van der Waals surface area contributed by atoms with Crippen molar-refractivity contribution < 1.29 is 4.74 Å². The second-order valence-electron chi connectivity index (χ2n) is 4.70. The summed E-state index contributed by atoms with van der Waals surface area (Å²) in [5, 5.41) is 2.94. The summed E-state index contributed by atoms with van der Waals surface area (Å²) < 4.78 is 5.86. The number of nitrogen functional groups attached to an aromatic ring is 1. The minimum Gasteiger partial charge on any atom is -0.474 e. The molecule has 0 bridgehead atoms. The summed E-state index contributed by atoms with van der Waals surface area (Å²) in [6.07, 6.45) is 4.92. The number of rotatable bonds is 3. The van der Waals surface area contributed by atoms with Crippen molar-refractivity contribution in [2.24, 2.45) is 5.92 Å². The van der Waals surface area contributed by atoms with Gasteiger partial charge < -0.3 is 15.8 Å². The zero-order chi connectivity index (χ0) is 12.3. The van der Waals surface area contributed by atoms with Crippen LogP contribution in [0.15, 0.2) is 6.07 Å². The van der Waals surface area contributed by atoms with E-state index in [1.807, 2.05) is 0 Å². The topological polar surface area (TPSA) is 73.1 Å². The van der Waals surface area contributed by atoms with Crippen LogP contribution in [0.25, 0.3) is 0 Å². The Hall–Kier alpha value is -1.52.